The van der Waals surface area contributed by atoms with E-state index in [1.54, 1.807) is 0 Å². The van der Waals surface area contributed by atoms with Crippen LogP contribution in [0.4, 0.5) is 21.1 Å². The third kappa shape index (κ3) is 6.27. The molecule has 2 aromatic rings. The van der Waals surface area contributed by atoms with E-state index >= 15 is 0 Å². The van der Waals surface area contributed by atoms with Gasteiger partial charge in [0, 0.05) is 56.6 Å². The van der Waals surface area contributed by atoms with Gasteiger partial charge in [-0.05, 0) is 45.1 Å². The van der Waals surface area contributed by atoms with Crippen LogP contribution in [0.3, 0.4) is 0 Å². The average Bonchev–Trinajstić information content (AvgIpc) is 2.91. The Labute approximate surface area is 224 Å². The van der Waals surface area contributed by atoms with Gasteiger partial charge in [-0.1, -0.05) is 19.9 Å². The maximum Gasteiger partial charge on any atom is 0.318 e. The highest BCUT2D eigenvalue weighted by molar-refractivity contribution is 7.95. The number of likely N-dealkylation sites (N-methyl/N-ethyl adjacent to an activating group) is 2. The number of benzene rings is 1. The summed E-state index contributed by atoms with van der Waals surface area (Å²) in [5.41, 5.74) is 5.39. The molecule has 4 rings (SSSR count). The van der Waals surface area contributed by atoms with E-state index in [1.165, 1.54) is 11.8 Å². The molecule has 202 valence electrons. The van der Waals surface area contributed by atoms with Crippen LogP contribution in [0, 0.1) is 12.3 Å². The fourth-order valence-electron chi connectivity index (χ4n) is 5.14. The monoisotopic (exact) mass is 530 g/mol. The van der Waals surface area contributed by atoms with Crippen molar-refractivity contribution in [2.24, 2.45) is 0 Å². The van der Waals surface area contributed by atoms with Crippen molar-refractivity contribution in [3.63, 3.8) is 0 Å². The number of aryl methyl sites for hydroxylation is 1. The number of rotatable bonds is 11. The van der Waals surface area contributed by atoms with Crippen molar-refractivity contribution in [2.45, 2.75) is 33.7 Å². The van der Waals surface area contributed by atoms with E-state index in [0.29, 0.717) is 30.4 Å². The number of ether oxygens (including phenoxy) is 1. The van der Waals surface area contributed by atoms with Crippen molar-refractivity contribution in [3.05, 3.63) is 34.5 Å². The molecule has 2 aliphatic rings. The van der Waals surface area contributed by atoms with Gasteiger partial charge in [0.25, 0.3) is 0 Å². The van der Waals surface area contributed by atoms with Crippen LogP contribution in [0.5, 0.6) is 6.01 Å². The summed E-state index contributed by atoms with van der Waals surface area (Å²) >= 11 is 0.0452. The smallest absolute Gasteiger partial charge is 0.318 e. The number of anilines is 3. The summed E-state index contributed by atoms with van der Waals surface area (Å²) in [7, 11) is 2.15. The molecule has 1 fully saturated rings. The molecule has 2 N–H and O–H groups in total. The predicted molar refractivity (Wildman–Crippen MR) is 151 cm³/mol. The largest absolute Gasteiger partial charge is 0.462 e. The Balaban J connectivity index is 1.66. The van der Waals surface area contributed by atoms with Crippen LogP contribution in [-0.4, -0.2) is 92.0 Å². The molecule has 37 heavy (non-hydrogen) atoms. The Morgan fingerprint density at radius 3 is 2.57 bits per heavy atom. The van der Waals surface area contributed by atoms with Gasteiger partial charge >= 0.3 is 6.01 Å². The molecule has 1 aromatic carbocycles. The molecule has 0 bridgehead atoms. The van der Waals surface area contributed by atoms with Gasteiger partial charge in [-0.3, -0.25) is 0 Å². The Morgan fingerprint density at radius 2 is 1.89 bits per heavy atom. The Bertz CT molecular complexity index is 1080. The number of halogens is 1. The molecule has 2 aliphatic heterocycles. The van der Waals surface area contributed by atoms with Gasteiger partial charge in [-0.2, -0.15) is 9.97 Å². The van der Waals surface area contributed by atoms with Crippen molar-refractivity contribution in [2.75, 3.05) is 80.5 Å². The number of nitrogens with one attached hydrogen (secondary N) is 2. The minimum absolute atomic E-state index is 0.0452. The zero-order valence-corrected chi connectivity index (χ0v) is 23.2. The molecule has 0 atom stereocenters. The summed E-state index contributed by atoms with van der Waals surface area (Å²) in [4.78, 5) is 19.1. The first-order valence-corrected chi connectivity index (χ1v) is 13.8. The Hall–Kier alpha value is -2.63. The lowest BCUT2D eigenvalue weighted by Crippen LogP contribution is -2.46. The lowest BCUT2D eigenvalue weighted by atomic mass is 10.00. The molecule has 0 unspecified atom stereocenters. The Kier molecular flexibility index (Phi) is 9.44. The lowest BCUT2D eigenvalue weighted by Gasteiger charge is -2.37. The summed E-state index contributed by atoms with van der Waals surface area (Å²) in [6.07, 6.45) is 2.09. The van der Waals surface area contributed by atoms with E-state index in [1.807, 2.05) is 19.1 Å². The fourth-order valence-corrected chi connectivity index (χ4v) is 5.40. The number of hydrogen-bond donors (Lipinski definition) is 2. The average molecular weight is 531 g/mol. The van der Waals surface area contributed by atoms with Crippen LogP contribution < -0.4 is 19.3 Å². The van der Waals surface area contributed by atoms with Gasteiger partial charge in [-0.25, -0.2) is 0 Å². The minimum atomic E-state index is 0.0452. The van der Waals surface area contributed by atoms with E-state index in [0.717, 1.165) is 81.5 Å². The summed E-state index contributed by atoms with van der Waals surface area (Å²) in [5.74, 6) is 0.990. The quantitative estimate of drug-likeness (QED) is 0.333. The highest BCUT2D eigenvalue weighted by atomic mass is 32.2. The normalized spacial score (nSPS) is 16.2. The second-order valence-electron chi connectivity index (χ2n) is 9.61. The van der Waals surface area contributed by atoms with Crippen LogP contribution in [0.15, 0.2) is 12.1 Å². The zero-order valence-electron chi connectivity index (χ0n) is 22.4. The fraction of sp³-hybridized carbons (Fsp3) is 0.577. The first-order chi connectivity index (χ1) is 18.0. The molecule has 3 heterocycles. The summed E-state index contributed by atoms with van der Waals surface area (Å²) in [6.45, 7) is 14.9. The van der Waals surface area contributed by atoms with Crippen molar-refractivity contribution in [1.82, 2.24) is 19.8 Å². The minimum Gasteiger partial charge on any atom is -0.462 e. The van der Waals surface area contributed by atoms with E-state index in [-0.39, 0.29) is 12.3 Å². The number of fused-ring (bicyclic) bond motifs is 1. The number of piperazine rings is 1. The van der Waals surface area contributed by atoms with E-state index in [4.69, 9.17) is 20.1 Å². The van der Waals surface area contributed by atoms with Crippen LogP contribution in [-0.2, 0) is 13.0 Å². The molecule has 1 aromatic heterocycles. The molecular formula is C26H39FN8OS. The number of hydrogen-bond acceptors (Lipinski definition) is 10. The molecule has 11 heteroatoms. The van der Waals surface area contributed by atoms with Crippen molar-refractivity contribution >= 4 is 35.7 Å². The third-order valence-electron chi connectivity index (χ3n) is 7.39. The highest BCUT2D eigenvalue weighted by Crippen LogP contribution is 2.36. The number of nitrogens with zero attached hydrogens (tertiary/aromatic N) is 6. The predicted octanol–water partition coefficient (Wildman–Crippen LogP) is 3.76. The SMILES string of the molecule is CCN(CC)CCOc1nc2c(c(N3CCN(C)CC3)n1)CCN(c1c(C)ccc(NSF)c1C=N)C2. The molecule has 0 radical (unpaired) electrons. The van der Waals surface area contributed by atoms with Crippen LogP contribution >= 0.6 is 12.3 Å². The molecule has 0 saturated carbocycles. The molecule has 9 nitrogen and oxygen atoms in total. The highest BCUT2D eigenvalue weighted by Gasteiger charge is 2.29. The lowest BCUT2D eigenvalue weighted by molar-refractivity contribution is 0.211. The van der Waals surface area contributed by atoms with Gasteiger partial charge in [0.05, 0.1) is 23.6 Å². The van der Waals surface area contributed by atoms with Crippen molar-refractivity contribution in [3.8, 4) is 6.01 Å². The third-order valence-corrected chi connectivity index (χ3v) is 7.68. The van der Waals surface area contributed by atoms with E-state index < -0.39 is 0 Å². The van der Waals surface area contributed by atoms with Gasteiger partial charge in [0.2, 0.25) is 0 Å². The van der Waals surface area contributed by atoms with E-state index in [2.05, 4.69) is 45.2 Å². The van der Waals surface area contributed by atoms with Crippen LogP contribution in [0.25, 0.3) is 0 Å². The Morgan fingerprint density at radius 1 is 1.14 bits per heavy atom. The maximum absolute atomic E-state index is 13.0. The second kappa shape index (κ2) is 12.7. The summed E-state index contributed by atoms with van der Waals surface area (Å²) < 4.78 is 21.8. The second-order valence-corrected chi connectivity index (χ2v) is 9.97. The van der Waals surface area contributed by atoms with Crippen LogP contribution in [0.2, 0.25) is 0 Å². The molecular weight excluding hydrogens is 491 g/mol. The summed E-state index contributed by atoms with van der Waals surface area (Å²) in [6, 6.07) is 4.21. The van der Waals surface area contributed by atoms with Gasteiger partial charge in [0.15, 0.2) is 12.3 Å². The topological polar surface area (TPSA) is 83.9 Å². The molecule has 0 amide bonds. The standard InChI is InChI=1S/C26H39FN8OS/c1-5-33(6-2)15-16-36-26-29-23-18-35(24-19(3)7-8-22(31-37-27)21(24)17-28)10-9-20(23)25(30-26)34-13-11-32(4)12-14-34/h7-8,17,28,31H,5-6,9-16,18H2,1-4H3. The molecule has 1 saturated heterocycles. The molecule has 0 spiro atoms. The first-order valence-electron chi connectivity index (χ1n) is 13.1. The van der Waals surface area contributed by atoms with E-state index in [9.17, 15) is 3.89 Å². The van der Waals surface area contributed by atoms with Crippen molar-refractivity contribution < 1.29 is 8.62 Å². The van der Waals surface area contributed by atoms with Gasteiger partial charge < -0.3 is 34.5 Å². The summed E-state index contributed by atoms with van der Waals surface area (Å²) in [5, 5.41) is 8.04. The number of aromatic nitrogens is 2. The van der Waals surface area contributed by atoms with Gasteiger partial charge in [0.1, 0.15) is 12.4 Å². The zero-order chi connectivity index (χ0) is 26.4. The first kappa shape index (κ1) is 27.4. The van der Waals surface area contributed by atoms with Crippen LogP contribution in [0.1, 0.15) is 36.2 Å². The van der Waals surface area contributed by atoms with Gasteiger partial charge in [-0.15, -0.1) is 3.89 Å². The maximum atomic E-state index is 13.0. The molecule has 0 aliphatic carbocycles. The van der Waals surface area contributed by atoms with Crippen molar-refractivity contribution in [1.29, 1.82) is 5.41 Å².